The lowest BCUT2D eigenvalue weighted by Crippen LogP contribution is -2.40. The number of fused-ring (bicyclic) bond motifs is 1. The van der Waals surface area contributed by atoms with Gasteiger partial charge in [0, 0.05) is 45.4 Å². The fourth-order valence-corrected chi connectivity index (χ4v) is 10.6. The van der Waals surface area contributed by atoms with E-state index in [1.54, 1.807) is 42.5 Å². The van der Waals surface area contributed by atoms with E-state index in [0.717, 1.165) is 71.7 Å². The number of aryl methyl sites for hydroxylation is 1. The first-order valence-electron chi connectivity index (χ1n) is 24.5. The second-order valence-electron chi connectivity index (χ2n) is 18.4. The van der Waals surface area contributed by atoms with Gasteiger partial charge in [0.05, 0.1) is 18.2 Å². The van der Waals surface area contributed by atoms with Gasteiger partial charge >= 0.3 is 5.97 Å². The van der Waals surface area contributed by atoms with E-state index in [1.165, 1.54) is 61.1 Å². The van der Waals surface area contributed by atoms with Crippen LogP contribution in [-0.4, -0.2) is 44.8 Å². The molecule has 0 saturated heterocycles. The third-order valence-electron chi connectivity index (χ3n) is 13.5. The van der Waals surface area contributed by atoms with Gasteiger partial charge in [0.2, 0.25) is 11.2 Å². The Morgan fingerprint density at radius 2 is 1.45 bits per heavy atom. The first-order valence-corrected chi connectivity index (χ1v) is 25.3. The summed E-state index contributed by atoms with van der Waals surface area (Å²) >= 11 is 1.53. The number of aromatic nitrogens is 1. The number of phenolic OH excluding ortho intramolecular Hbond substituents is 1. The molecule has 1 aliphatic rings. The van der Waals surface area contributed by atoms with Crippen LogP contribution in [-0.2, 0) is 34.6 Å². The molecule has 1 aliphatic carbocycles. The van der Waals surface area contributed by atoms with Crippen molar-refractivity contribution in [1.29, 1.82) is 0 Å². The summed E-state index contributed by atoms with van der Waals surface area (Å²) in [6.45, 7) is 1.000. The minimum absolute atomic E-state index is 0.0632. The lowest BCUT2D eigenvalue weighted by Gasteiger charge is -2.30. The highest BCUT2D eigenvalue weighted by atomic mass is 32.1. The standard InChI is InChI=1S/C58H63N3O7S/c62-51-33-31-49(50-32-35-54(64)61-55(50)51)52(63)39-59-37-42-26-28-43(29-27-42)56(65)60-38-48-30-34-53(69-48)44-20-13-23-46(36-44)58(67,45-21-7-3-8-22-45)57(66)68-47-24-9-2-6-16-41(17-10-11-25-47)19-12-18-40-14-4-1-5-15-40/h1,3-5,7-8,13-15,20-23,26-36,41,47,52,59,62-63,67H,2,6,9-12,16-19,24-25,37-39H2,(H,60,65)(H,61,64)/t41?,47?,52-,58-/m0/s1. The third kappa shape index (κ3) is 12.8. The van der Waals surface area contributed by atoms with Gasteiger partial charge in [-0.25, -0.2) is 4.79 Å². The Hall–Kier alpha value is -6.37. The van der Waals surface area contributed by atoms with E-state index < -0.39 is 17.7 Å². The second kappa shape index (κ2) is 23.8. The number of thiophene rings is 1. The van der Waals surface area contributed by atoms with Crippen LogP contribution in [0.4, 0.5) is 0 Å². The molecule has 6 N–H and O–H groups in total. The van der Waals surface area contributed by atoms with Gasteiger partial charge in [-0.15, -0.1) is 11.3 Å². The van der Waals surface area contributed by atoms with Crippen molar-refractivity contribution in [3.05, 3.63) is 194 Å². The van der Waals surface area contributed by atoms with Crippen molar-refractivity contribution in [2.75, 3.05) is 6.54 Å². The van der Waals surface area contributed by atoms with Gasteiger partial charge < -0.3 is 35.7 Å². The van der Waals surface area contributed by atoms with Gasteiger partial charge in [0.15, 0.2) is 0 Å². The number of rotatable bonds is 17. The monoisotopic (exact) mass is 945 g/mol. The number of benzene rings is 5. The zero-order valence-electron chi connectivity index (χ0n) is 39.1. The summed E-state index contributed by atoms with van der Waals surface area (Å²) in [5.41, 5.74) is 3.10. The molecule has 358 valence electrons. The summed E-state index contributed by atoms with van der Waals surface area (Å²) in [7, 11) is 0. The summed E-state index contributed by atoms with van der Waals surface area (Å²) in [6, 6.07) is 44.6. The number of H-pyrrole nitrogens is 1. The van der Waals surface area contributed by atoms with E-state index in [9.17, 15) is 29.7 Å². The summed E-state index contributed by atoms with van der Waals surface area (Å²) in [4.78, 5) is 43.9. The van der Waals surface area contributed by atoms with E-state index in [2.05, 4.69) is 45.9 Å². The van der Waals surface area contributed by atoms with Crippen LogP contribution < -0.4 is 16.2 Å². The van der Waals surface area contributed by atoms with Crippen molar-refractivity contribution >= 4 is 34.1 Å². The molecule has 5 aromatic carbocycles. The van der Waals surface area contributed by atoms with Crippen molar-refractivity contribution in [3.63, 3.8) is 0 Å². The van der Waals surface area contributed by atoms with Crippen molar-refractivity contribution in [2.24, 2.45) is 5.92 Å². The number of nitrogens with one attached hydrogen (secondary N) is 3. The SMILES string of the molecule is O=C(NCc1ccc(-c2cccc([C@](O)(C(=O)OC3CCCCCC(CCCc4ccccc4)CCCC3)c3ccccc3)c2)s1)c1ccc(CNC[C@H](O)c2ccc(O)c3[nH]c(=O)ccc23)cc1. The molecule has 69 heavy (non-hydrogen) atoms. The summed E-state index contributed by atoms with van der Waals surface area (Å²) in [5.74, 6) is -0.197. The molecular weight excluding hydrogens is 883 g/mol. The number of hydrogen-bond acceptors (Lipinski definition) is 9. The van der Waals surface area contributed by atoms with Gasteiger partial charge in [-0.3, -0.25) is 9.59 Å². The molecule has 2 aromatic heterocycles. The molecule has 10 nitrogen and oxygen atoms in total. The summed E-state index contributed by atoms with van der Waals surface area (Å²) in [6.07, 6.45) is 11.8. The highest BCUT2D eigenvalue weighted by Gasteiger charge is 2.43. The number of carbonyl (C=O) groups is 2. The van der Waals surface area contributed by atoms with E-state index in [4.69, 9.17) is 4.74 Å². The number of ether oxygens (including phenoxy) is 1. The average Bonchev–Trinajstić information content (AvgIpc) is 3.85. The number of esters is 1. The number of pyridine rings is 1. The number of hydrogen-bond donors (Lipinski definition) is 6. The minimum atomic E-state index is -2.01. The second-order valence-corrected chi connectivity index (χ2v) is 19.6. The van der Waals surface area contributed by atoms with Crippen LogP contribution in [0.2, 0.25) is 0 Å². The Morgan fingerprint density at radius 3 is 2.23 bits per heavy atom. The first kappa shape index (κ1) is 49.1. The number of aliphatic hydroxyl groups excluding tert-OH is 1. The Bertz CT molecular complexity index is 2830. The Kier molecular flexibility index (Phi) is 16.9. The molecule has 1 saturated carbocycles. The third-order valence-corrected chi connectivity index (χ3v) is 14.6. The highest BCUT2D eigenvalue weighted by Crippen LogP contribution is 2.37. The topological polar surface area (TPSA) is 161 Å². The molecule has 2 unspecified atom stereocenters. The molecule has 8 rings (SSSR count). The van der Waals surface area contributed by atoms with Crippen LogP contribution in [0.1, 0.15) is 120 Å². The Balaban J connectivity index is 0.848. The number of phenols is 1. The van der Waals surface area contributed by atoms with Crippen LogP contribution in [0, 0.1) is 5.92 Å². The van der Waals surface area contributed by atoms with Crippen LogP contribution in [0.15, 0.2) is 150 Å². The van der Waals surface area contributed by atoms with E-state index >= 15 is 0 Å². The number of aromatic hydroxyl groups is 1. The predicted molar refractivity (Wildman–Crippen MR) is 274 cm³/mol. The fraction of sp³-hybridized carbons (Fsp3) is 0.328. The molecular formula is C58H63N3O7S. The molecule has 0 aliphatic heterocycles. The van der Waals surface area contributed by atoms with Gasteiger partial charge in [0.1, 0.15) is 11.9 Å². The summed E-state index contributed by atoms with van der Waals surface area (Å²) in [5, 5.41) is 40.5. The number of amides is 1. The van der Waals surface area contributed by atoms with Crippen LogP contribution in [0.25, 0.3) is 21.3 Å². The molecule has 1 amide bonds. The molecule has 4 atom stereocenters. The zero-order chi connectivity index (χ0) is 48.0. The van der Waals surface area contributed by atoms with E-state index in [0.29, 0.717) is 40.7 Å². The molecule has 11 heteroatoms. The van der Waals surface area contributed by atoms with E-state index in [1.807, 2.05) is 60.7 Å². The Morgan fingerprint density at radius 1 is 0.739 bits per heavy atom. The lowest BCUT2D eigenvalue weighted by molar-refractivity contribution is -0.168. The largest absolute Gasteiger partial charge is 0.506 e. The van der Waals surface area contributed by atoms with Crippen molar-refractivity contribution in [2.45, 2.75) is 108 Å². The minimum Gasteiger partial charge on any atom is -0.506 e. The summed E-state index contributed by atoms with van der Waals surface area (Å²) < 4.78 is 6.33. The quantitative estimate of drug-likeness (QED) is 0.0492. The average molecular weight is 946 g/mol. The molecule has 7 aromatic rings. The molecule has 0 radical (unpaired) electrons. The molecule has 1 fully saturated rings. The van der Waals surface area contributed by atoms with Crippen LogP contribution in [0.5, 0.6) is 5.75 Å². The smallest absolute Gasteiger partial charge is 0.347 e. The maximum Gasteiger partial charge on any atom is 0.347 e. The molecule has 2 heterocycles. The van der Waals surface area contributed by atoms with E-state index in [-0.39, 0.29) is 35.4 Å². The van der Waals surface area contributed by atoms with Crippen LogP contribution in [0.3, 0.4) is 0 Å². The predicted octanol–water partition coefficient (Wildman–Crippen LogP) is 11.0. The number of carbonyl (C=O) groups excluding carboxylic acids is 2. The molecule has 0 spiro atoms. The number of aliphatic hydroxyl groups is 2. The first-order chi connectivity index (χ1) is 33.6. The maximum atomic E-state index is 14.4. The maximum absolute atomic E-state index is 14.4. The molecule has 0 bridgehead atoms. The fourth-order valence-electron chi connectivity index (χ4n) is 9.62. The highest BCUT2D eigenvalue weighted by molar-refractivity contribution is 7.15. The van der Waals surface area contributed by atoms with Gasteiger partial charge in [0.25, 0.3) is 5.91 Å². The Labute approximate surface area is 408 Å². The van der Waals surface area contributed by atoms with Gasteiger partial charge in [-0.05, 0) is 115 Å². The normalized spacial score (nSPS) is 17.0. The van der Waals surface area contributed by atoms with Crippen molar-refractivity contribution in [1.82, 2.24) is 15.6 Å². The van der Waals surface area contributed by atoms with Crippen LogP contribution >= 0.6 is 11.3 Å². The van der Waals surface area contributed by atoms with Gasteiger partial charge in [-0.2, -0.15) is 0 Å². The zero-order valence-corrected chi connectivity index (χ0v) is 39.9. The van der Waals surface area contributed by atoms with Crippen molar-refractivity contribution in [3.8, 4) is 16.2 Å². The number of aromatic amines is 1. The lowest BCUT2D eigenvalue weighted by atomic mass is 9.85. The van der Waals surface area contributed by atoms with Gasteiger partial charge in [-0.1, -0.05) is 136 Å². The van der Waals surface area contributed by atoms with Crippen molar-refractivity contribution < 1.29 is 29.6 Å².